The van der Waals surface area contributed by atoms with E-state index in [4.69, 9.17) is 4.74 Å². The van der Waals surface area contributed by atoms with Crippen LogP contribution in [-0.2, 0) is 16.6 Å². The number of rotatable bonds is 6. The van der Waals surface area contributed by atoms with Gasteiger partial charge in [0.15, 0.2) is 0 Å². The van der Waals surface area contributed by atoms with Gasteiger partial charge in [-0.3, -0.25) is 4.79 Å². The summed E-state index contributed by atoms with van der Waals surface area (Å²) < 4.78 is 6.66. The van der Waals surface area contributed by atoms with E-state index < -0.39 is 0 Å². The standard InChI is InChI=1S/C17H27N3O3.ClH/c1-4-23-17(22)15-10-14(11-20(15)3)19-16(21)9-12(2)13-5-7-18-8-6-13;/h10-13,18H,4-9H2,1-3H3,(H,19,21);1H. The van der Waals surface area contributed by atoms with Crippen LogP contribution in [0.5, 0.6) is 0 Å². The summed E-state index contributed by atoms with van der Waals surface area (Å²) >= 11 is 0. The lowest BCUT2D eigenvalue weighted by Gasteiger charge is -2.27. The van der Waals surface area contributed by atoms with Gasteiger partial charge in [0.05, 0.1) is 12.3 Å². The fourth-order valence-corrected chi connectivity index (χ4v) is 3.13. The highest BCUT2D eigenvalue weighted by atomic mass is 35.5. The molecule has 0 radical (unpaired) electrons. The molecule has 0 aromatic carbocycles. The van der Waals surface area contributed by atoms with Crippen molar-refractivity contribution in [2.75, 3.05) is 25.0 Å². The van der Waals surface area contributed by atoms with E-state index in [0.717, 1.165) is 25.9 Å². The maximum atomic E-state index is 12.2. The van der Waals surface area contributed by atoms with Crippen LogP contribution in [0.4, 0.5) is 5.69 Å². The van der Waals surface area contributed by atoms with Crippen molar-refractivity contribution in [2.45, 2.75) is 33.1 Å². The van der Waals surface area contributed by atoms with Gasteiger partial charge in [0, 0.05) is 19.7 Å². The molecule has 1 aliphatic heterocycles. The van der Waals surface area contributed by atoms with Crippen LogP contribution in [0.1, 0.15) is 43.6 Å². The van der Waals surface area contributed by atoms with Crippen molar-refractivity contribution < 1.29 is 14.3 Å². The van der Waals surface area contributed by atoms with Crippen molar-refractivity contribution in [3.8, 4) is 0 Å². The number of halogens is 1. The molecule has 1 aromatic heterocycles. The predicted octanol–water partition coefficient (Wildman–Crippen LogP) is 2.59. The molecule has 0 aliphatic carbocycles. The number of aromatic nitrogens is 1. The van der Waals surface area contributed by atoms with E-state index in [1.165, 1.54) is 0 Å². The Bertz CT molecular complexity index is 553. The summed E-state index contributed by atoms with van der Waals surface area (Å²) in [5.41, 5.74) is 1.08. The lowest BCUT2D eigenvalue weighted by atomic mass is 9.84. The Kier molecular flexibility index (Phi) is 8.28. The van der Waals surface area contributed by atoms with E-state index >= 15 is 0 Å². The third-order valence-corrected chi connectivity index (χ3v) is 4.47. The number of aryl methyl sites for hydroxylation is 1. The fraction of sp³-hybridized carbons (Fsp3) is 0.647. The number of hydrogen-bond acceptors (Lipinski definition) is 4. The van der Waals surface area contributed by atoms with Crippen LogP contribution >= 0.6 is 12.4 Å². The molecule has 1 aromatic rings. The minimum atomic E-state index is -0.376. The summed E-state index contributed by atoms with van der Waals surface area (Å²) in [7, 11) is 1.76. The number of esters is 1. The zero-order chi connectivity index (χ0) is 16.8. The minimum Gasteiger partial charge on any atom is -0.461 e. The number of anilines is 1. The van der Waals surface area contributed by atoms with Crippen molar-refractivity contribution in [3.63, 3.8) is 0 Å². The Labute approximate surface area is 149 Å². The highest BCUT2D eigenvalue weighted by Gasteiger charge is 2.22. The third-order valence-electron chi connectivity index (χ3n) is 4.47. The van der Waals surface area contributed by atoms with Crippen molar-refractivity contribution in [2.24, 2.45) is 18.9 Å². The zero-order valence-corrected chi connectivity index (χ0v) is 15.4. The number of hydrogen-bond donors (Lipinski definition) is 2. The first-order valence-corrected chi connectivity index (χ1v) is 8.35. The molecular weight excluding hydrogens is 330 g/mol. The molecule has 1 unspecified atom stereocenters. The van der Waals surface area contributed by atoms with Crippen molar-refractivity contribution in [1.82, 2.24) is 9.88 Å². The zero-order valence-electron chi connectivity index (χ0n) is 14.6. The molecule has 2 N–H and O–H groups in total. The van der Waals surface area contributed by atoms with Crippen LogP contribution in [0.2, 0.25) is 0 Å². The summed E-state index contributed by atoms with van der Waals surface area (Å²) in [6, 6.07) is 1.66. The van der Waals surface area contributed by atoms with Crippen molar-refractivity contribution in [3.05, 3.63) is 18.0 Å². The van der Waals surface area contributed by atoms with Crippen LogP contribution in [0.3, 0.4) is 0 Å². The van der Waals surface area contributed by atoms with Crippen LogP contribution in [0, 0.1) is 11.8 Å². The number of carbonyl (C=O) groups excluding carboxylic acids is 2. The van der Waals surface area contributed by atoms with Gasteiger partial charge in [0.1, 0.15) is 5.69 Å². The topological polar surface area (TPSA) is 72.4 Å². The van der Waals surface area contributed by atoms with Gasteiger partial charge < -0.3 is 19.9 Å². The molecule has 1 atom stereocenters. The smallest absolute Gasteiger partial charge is 0.355 e. The second-order valence-corrected chi connectivity index (χ2v) is 6.26. The predicted molar refractivity (Wildman–Crippen MR) is 96.6 cm³/mol. The molecular formula is C17H28ClN3O3. The van der Waals surface area contributed by atoms with Crippen molar-refractivity contribution in [1.29, 1.82) is 0 Å². The normalized spacial score (nSPS) is 16.1. The average Bonchev–Trinajstić information content (AvgIpc) is 2.88. The second-order valence-electron chi connectivity index (χ2n) is 6.26. The van der Waals surface area contributed by atoms with Gasteiger partial charge in [0.2, 0.25) is 5.91 Å². The largest absolute Gasteiger partial charge is 0.461 e. The summed E-state index contributed by atoms with van der Waals surface area (Å²) in [6.07, 6.45) is 4.51. The Balaban J connectivity index is 0.00000288. The molecule has 2 heterocycles. The second kappa shape index (κ2) is 9.69. The highest BCUT2D eigenvalue weighted by molar-refractivity contribution is 5.94. The third kappa shape index (κ3) is 5.53. The van der Waals surface area contributed by atoms with E-state index in [1.54, 1.807) is 30.8 Å². The van der Waals surface area contributed by atoms with Gasteiger partial charge >= 0.3 is 5.97 Å². The van der Waals surface area contributed by atoms with Crippen LogP contribution in [-0.4, -0.2) is 36.1 Å². The van der Waals surface area contributed by atoms with Crippen LogP contribution in [0.15, 0.2) is 12.3 Å². The lowest BCUT2D eigenvalue weighted by Crippen LogP contribution is -2.32. The fourth-order valence-electron chi connectivity index (χ4n) is 3.13. The molecule has 1 saturated heterocycles. The van der Waals surface area contributed by atoms with Crippen LogP contribution in [0.25, 0.3) is 0 Å². The Hall–Kier alpha value is -1.53. The summed E-state index contributed by atoms with van der Waals surface area (Å²) in [5.74, 6) is 0.591. The number of piperidine rings is 1. The van der Waals surface area contributed by atoms with Gasteiger partial charge in [-0.05, 0) is 50.8 Å². The monoisotopic (exact) mass is 357 g/mol. The number of nitrogens with zero attached hydrogens (tertiary/aromatic N) is 1. The minimum absolute atomic E-state index is 0. The van der Waals surface area contributed by atoms with Crippen LogP contribution < -0.4 is 10.6 Å². The van der Waals surface area contributed by atoms with Gasteiger partial charge in [-0.15, -0.1) is 12.4 Å². The first kappa shape index (κ1) is 20.5. The van der Waals surface area contributed by atoms with E-state index in [2.05, 4.69) is 17.6 Å². The summed E-state index contributed by atoms with van der Waals surface area (Å²) in [5, 5.41) is 6.23. The van der Waals surface area contributed by atoms with Gasteiger partial charge in [-0.25, -0.2) is 4.79 Å². The van der Waals surface area contributed by atoms with E-state index in [0.29, 0.717) is 36.2 Å². The number of amides is 1. The Morgan fingerprint density at radius 2 is 2.08 bits per heavy atom. The molecule has 6 nitrogen and oxygen atoms in total. The average molecular weight is 358 g/mol. The molecule has 0 spiro atoms. The van der Waals surface area contributed by atoms with E-state index in [9.17, 15) is 9.59 Å². The summed E-state index contributed by atoms with van der Waals surface area (Å²) in [6.45, 7) is 6.33. The quantitative estimate of drug-likeness (QED) is 0.767. The number of ether oxygens (including phenoxy) is 1. The SMILES string of the molecule is CCOC(=O)c1cc(NC(=O)CC(C)C2CCNCC2)cn1C.Cl. The maximum absolute atomic E-state index is 12.2. The molecule has 0 bridgehead atoms. The lowest BCUT2D eigenvalue weighted by molar-refractivity contribution is -0.117. The Morgan fingerprint density at radius 3 is 2.71 bits per heavy atom. The maximum Gasteiger partial charge on any atom is 0.355 e. The molecule has 7 heteroatoms. The summed E-state index contributed by atoms with van der Waals surface area (Å²) in [4.78, 5) is 24.0. The molecule has 1 amide bonds. The first-order valence-electron chi connectivity index (χ1n) is 8.35. The molecule has 1 fully saturated rings. The molecule has 24 heavy (non-hydrogen) atoms. The molecule has 0 saturated carbocycles. The van der Waals surface area contributed by atoms with Gasteiger partial charge in [0.25, 0.3) is 0 Å². The Morgan fingerprint density at radius 1 is 1.42 bits per heavy atom. The molecule has 2 rings (SSSR count). The van der Waals surface area contributed by atoms with E-state index in [-0.39, 0.29) is 24.3 Å². The highest BCUT2D eigenvalue weighted by Crippen LogP contribution is 2.25. The van der Waals surface area contributed by atoms with Gasteiger partial charge in [-0.2, -0.15) is 0 Å². The van der Waals surface area contributed by atoms with Gasteiger partial charge in [-0.1, -0.05) is 6.92 Å². The number of nitrogens with one attached hydrogen (secondary N) is 2. The molecule has 136 valence electrons. The van der Waals surface area contributed by atoms with Crippen molar-refractivity contribution >= 4 is 30.0 Å². The van der Waals surface area contributed by atoms with E-state index in [1.807, 2.05) is 0 Å². The molecule has 1 aliphatic rings. The number of carbonyl (C=O) groups is 2. The first-order chi connectivity index (χ1) is 11.0.